The molecule has 5 heterocycles. The molecule has 1 fully saturated rings. The molecule has 1 amide bonds. The minimum atomic E-state index is -2.00. The zero-order chi connectivity index (χ0) is 26.9. The molecule has 1 aliphatic heterocycles. The predicted molar refractivity (Wildman–Crippen MR) is 144 cm³/mol. The van der Waals surface area contributed by atoms with Crippen molar-refractivity contribution in [2.45, 2.75) is 37.7 Å². The summed E-state index contributed by atoms with van der Waals surface area (Å²) in [6, 6.07) is 11.6. The van der Waals surface area contributed by atoms with Crippen molar-refractivity contribution in [1.82, 2.24) is 34.1 Å². The third kappa shape index (κ3) is 5.09. The molecule has 1 aromatic carbocycles. The Morgan fingerprint density at radius 3 is 2.74 bits per heavy atom. The third-order valence-electron chi connectivity index (χ3n) is 7.07. The Morgan fingerprint density at radius 1 is 1.08 bits per heavy atom. The smallest absolute Gasteiger partial charge is 0.272 e. The maximum Gasteiger partial charge on any atom is 0.272 e. The molecule has 5 aromatic rings. The molecule has 12 heteroatoms. The summed E-state index contributed by atoms with van der Waals surface area (Å²) in [6.07, 6.45) is 9.06. The number of nitrogens with one attached hydrogen (secondary N) is 1. The number of anilines is 2. The van der Waals surface area contributed by atoms with Gasteiger partial charge in [0.1, 0.15) is 29.7 Å². The lowest BCUT2D eigenvalue weighted by Crippen LogP contribution is -2.36. The minimum absolute atomic E-state index is 0.174. The molecule has 6 rings (SSSR count). The second kappa shape index (κ2) is 10.5. The second-order valence-corrected chi connectivity index (χ2v) is 9.94. The summed E-state index contributed by atoms with van der Waals surface area (Å²) in [5.74, 6) is 1.59. The van der Waals surface area contributed by atoms with Crippen LogP contribution in [0, 0.1) is 6.92 Å². The van der Waals surface area contributed by atoms with Crippen LogP contribution >= 0.6 is 11.6 Å². The fourth-order valence-corrected chi connectivity index (χ4v) is 5.27. The molecule has 0 radical (unpaired) electrons. The average molecular weight is 549 g/mol. The highest BCUT2D eigenvalue weighted by molar-refractivity contribution is 6.29. The molecule has 39 heavy (non-hydrogen) atoms. The maximum atomic E-state index is 13.4. The largest absolute Gasteiger partial charge is 0.457 e. The van der Waals surface area contributed by atoms with Crippen LogP contribution in [-0.4, -0.2) is 58.7 Å². The number of carbonyl (C=O) groups excluding carboxylic acids is 1. The van der Waals surface area contributed by atoms with Gasteiger partial charge in [-0.05, 0) is 73.6 Å². The van der Waals surface area contributed by atoms with E-state index in [9.17, 15) is 9.18 Å². The van der Waals surface area contributed by atoms with Crippen LogP contribution in [0.1, 0.15) is 36.3 Å². The number of nitrogens with zero attached hydrogens (tertiary/aromatic N) is 7. The summed E-state index contributed by atoms with van der Waals surface area (Å²) in [6.45, 7) is 2.93. The standard InChI is InChI=1S/C27H26ClFN8O2/c1-17-13-19(4-5-22(17)39-20-7-11-36-23(14-20)30-15-32-36)34-26-24-21(8-12-37(24)33-16-31-26)18-3-2-9-35(10-6-18)27(38)25(28)29/h4-5,7-8,11-16,18,25H,2-3,6,9-10H2,1H3,(H,31,33,34)/t18-,25+/m1/s1. The van der Waals surface area contributed by atoms with Gasteiger partial charge in [-0.25, -0.2) is 23.4 Å². The molecule has 0 bridgehead atoms. The molecule has 2 atom stereocenters. The number of rotatable bonds is 6. The molecule has 200 valence electrons. The maximum absolute atomic E-state index is 13.4. The van der Waals surface area contributed by atoms with Gasteiger partial charge in [-0.2, -0.15) is 10.2 Å². The number of amides is 1. The van der Waals surface area contributed by atoms with Crippen LogP contribution in [0.25, 0.3) is 11.2 Å². The molecule has 4 aromatic heterocycles. The molecule has 0 spiro atoms. The first-order chi connectivity index (χ1) is 19.0. The molecular weight excluding hydrogens is 523 g/mol. The molecule has 10 nitrogen and oxygen atoms in total. The normalized spacial score (nSPS) is 16.8. The number of carbonyl (C=O) groups is 1. The van der Waals surface area contributed by atoms with E-state index in [4.69, 9.17) is 16.3 Å². The van der Waals surface area contributed by atoms with Gasteiger partial charge in [-0.3, -0.25) is 4.79 Å². The van der Waals surface area contributed by atoms with Gasteiger partial charge < -0.3 is 15.0 Å². The SMILES string of the molecule is Cc1cc(Nc2ncnn3ccc([C@@H]4CCCN(C(=O)[C@H](F)Cl)CC4)c23)ccc1Oc1ccn2ncnc2c1. The Morgan fingerprint density at radius 2 is 1.90 bits per heavy atom. The molecule has 1 N–H and O–H groups in total. The van der Waals surface area contributed by atoms with Gasteiger partial charge in [0.2, 0.25) is 0 Å². The quantitative estimate of drug-likeness (QED) is 0.289. The Hall–Kier alpha value is -4.25. The van der Waals surface area contributed by atoms with Gasteiger partial charge in [0.25, 0.3) is 11.5 Å². The van der Waals surface area contributed by atoms with Crippen molar-refractivity contribution < 1.29 is 13.9 Å². The molecule has 1 saturated heterocycles. The van der Waals surface area contributed by atoms with Gasteiger partial charge in [0.15, 0.2) is 11.5 Å². The summed E-state index contributed by atoms with van der Waals surface area (Å²) in [5, 5.41) is 11.9. The van der Waals surface area contributed by atoms with Crippen molar-refractivity contribution >= 4 is 40.2 Å². The number of pyridine rings is 1. The lowest BCUT2D eigenvalue weighted by atomic mass is 9.93. The molecule has 0 saturated carbocycles. The summed E-state index contributed by atoms with van der Waals surface area (Å²) in [4.78, 5) is 22.3. The van der Waals surface area contributed by atoms with Crippen molar-refractivity contribution in [1.29, 1.82) is 0 Å². The van der Waals surface area contributed by atoms with E-state index in [0.29, 0.717) is 36.7 Å². The number of benzene rings is 1. The van der Waals surface area contributed by atoms with Crippen LogP contribution in [0.15, 0.2) is 61.4 Å². The number of aromatic nitrogens is 6. The molecular formula is C27H26ClFN8O2. The first kappa shape index (κ1) is 25.1. The van der Waals surface area contributed by atoms with Crippen LogP contribution in [0.3, 0.4) is 0 Å². The minimum Gasteiger partial charge on any atom is -0.457 e. The fraction of sp³-hybridized carbons (Fsp3) is 0.296. The summed E-state index contributed by atoms with van der Waals surface area (Å²) < 4.78 is 23.0. The van der Waals surface area contributed by atoms with Crippen molar-refractivity contribution in [2.24, 2.45) is 0 Å². The van der Waals surface area contributed by atoms with Gasteiger partial charge in [0, 0.05) is 37.2 Å². The number of alkyl halides is 2. The van der Waals surface area contributed by atoms with Gasteiger partial charge in [-0.1, -0.05) is 11.6 Å². The number of ether oxygens (including phenoxy) is 1. The lowest BCUT2D eigenvalue weighted by Gasteiger charge is -2.20. The van der Waals surface area contributed by atoms with Gasteiger partial charge in [-0.15, -0.1) is 0 Å². The van der Waals surface area contributed by atoms with Crippen molar-refractivity contribution in [2.75, 3.05) is 18.4 Å². The van der Waals surface area contributed by atoms with Crippen LogP contribution in [0.2, 0.25) is 0 Å². The second-order valence-electron chi connectivity index (χ2n) is 9.56. The topological polar surface area (TPSA) is 102 Å². The first-order valence-corrected chi connectivity index (χ1v) is 13.1. The number of likely N-dealkylation sites (tertiary alicyclic amines) is 1. The summed E-state index contributed by atoms with van der Waals surface area (Å²) >= 11 is 5.41. The van der Waals surface area contributed by atoms with E-state index >= 15 is 0 Å². The van der Waals surface area contributed by atoms with Crippen molar-refractivity contribution in [3.63, 3.8) is 0 Å². The highest BCUT2D eigenvalue weighted by Gasteiger charge is 2.27. The fourth-order valence-electron chi connectivity index (χ4n) is 5.13. The van der Waals surface area contributed by atoms with Gasteiger partial charge in [0.05, 0.1) is 0 Å². The van der Waals surface area contributed by atoms with E-state index in [-0.39, 0.29) is 5.92 Å². The van der Waals surface area contributed by atoms with E-state index in [2.05, 4.69) is 25.5 Å². The van der Waals surface area contributed by atoms with E-state index in [1.807, 2.05) is 49.5 Å². The first-order valence-electron chi connectivity index (χ1n) is 12.7. The molecule has 0 unspecified atom stereocenters. The lowest BCUT2D eigenvalue weighted by molar-refractivity contribution is -0.133. The molecule has 1 aliphatic rings. The van der Waals surface area contributed by atoms with E-state index in [0.717, 1.165) is 40.9 Å². The van der Waals surface area contributed by atoms with Crippen molar-refractivity contribution in [3.05, 3.63) is 72.6 Å². The van der Waals surface area contributed by atoms with Crippen LogP contribution in [0.4, 0.5) is 15.9 Å². The van der Waals surface area contributed by atoms with E-state index in [1.54, 1.807) is 15.2 Å². The Kier molecular flexibility index (Phi) is 6.74. The highest BCUT2D eigenvalue weighted by Crippen LogP contribution is 2.35. The van der Waals surface area contributed by atoms with Gasteiger partial charge >= 0.3 is 0 Å². The van der Waals surface area contributed by atoms with Crippen LogP contribution in [0.5, 0.6) is 11.5 Å². The number of halogens is 2. The number of hydrogen-bond acceptors (Lipinski definition) is 7. The summed E-state index contributed by atoms with van der Waals surface area (Å²) in [5.41, 5.74) is 2.48. The Labute approximate surface area is 228 Å². The Balaban J connectivity index is 1.22. The van der Waals surface area contributed by atoms with Crippen LogP contribution in [-0.2, 0) is 4.79 Å². The predicted octanol–water partition coefficient (Wildman–Crippen LogP) is 5.25. The zero-order valence-electron chi connectivity index (χ0n) is 21.2. The summed E-state index contributed by atoms with van der Waals surface area (Å²) in [7, 11) is 0. The van der Waals surface area contributed by atoms with Crippen molar-refractivity contribution in [3.8, 4) is 11.5 Å². The van der Waals surface area contributed by atoms with Crippen LogP contribution < -0.4 is 10.1 Å². The zero-order valence-corrected chi connectivity index (χ0v) is 21.9. The monoisotopic (exact) mass is 548 g/mol. The highest BCUT2D eigenvalue weighted by atomic mass is 35.5. The average Bonchev–Trinajstić information content (AvgIpc) is 3.51. The number of hydrogen-bond donors (Lipinski definition) is 1. The van der Waals surface area contributed by atoms with E-state index < -0.39 is 11.5 Å². The number of fused-ring (bicyclic) bond motifs is 2. The van der Waals surface area contributed by atoms with E-state index in [1.165, 1.54) is 17.6 Å². The molecule has 0 aliphatic carbocycles. The third-order valence-corrected chi connectivity index (χ3v) is 7.26. The Bertz CT molecular complexity index is 1650. The number of aryl methyl sites for hydroxylation is 1.